The molecule has 0 aliphatic heterocycles. The molecule has 0 N–H and O–H groups in total. The van der Waals surface area contributed by atoms with Gasteiger partial charge in [0.05, 0.1) is 11.4 Å². The molecule has 1 aromatic heterocycles. The van der Waals surface area contributed by atoms with Crippen molar-refractivity contribution in [3.63, 3.8) is 0 Å². The number of nitrogens with zero attached hydrogens (tertiary/aromatic N) is 3. The Balaban J connectivity index is 1.70. The zero-order chi connectivity index (χ0) is 18.7. The van der Waals surface area contributed by atoms with Gasteiger partial charge in [0.25, 0.3) is 0 Å². The number of carbonyl (C=O) groups excluding carboxylic acids is 2. The number of Topliss-reactive ketones (excluding diaryl/α,β-unsaturated/α-hetero) is 1. The standard InChI is InChI=1S/C18H13ClFN3O3/c1-11-17(22-23(21-11)15-4-2-3-13(19)9-15)18(25)26-10-16(24)12-5-7-14(20)8-6-12/h2-9H,10H2,1H3. The van der Waals surface area contributed by atoms with Gasteiger partial charge in [0.1, 0.15) is 5.82 Å². The van der Waals surface area contributed by atoms with Crippen LogP contribution in [0.3, 0.4) is 0 Å². The number of ketones is 1. The van der Waals surface area contributed by atoms with Crippen LogP contribution in [-0.2, 0) is 4.74 Å². The Morgan fingerprint density at radius 3 is 2.58 bits per heavy atom. The lowest BCUT2D eigenvalue weighted by molar-refractivity contribution is 0.0467. The maximum Gasteiger partial charge on any atom is 0.361 e. The number of rotatable bonds is 5. The van der Waals surface area contributed by atoms with Gasteiger partial charge in [-0.15, -0.1) is 5.10 Å². The number of ether oxygens (including phenoxy) is 1. The molecule has 26 heavy (non-hydrogen) atoms. The van der Waals surface area contributed by atoms with Crippen molar-refractivity contribution in [2.75, 3.05) is 6.61 Å². The highest BCUT2D eigenvalue weighted by Gasteiger charge is 2.19. The molecule has 8 heteroatoms. The van der Waals surface area contributed by atoms with E-state index < -0.39 is 24.2 Å². The van der Waals surface area contributed by atoms with E-state index in [9.17, 15) is 14.0 Å². The van der Waals surface area contributed by atoms with E-state index in [0.717, 1.165) is 12.1 Å². The van der Waals surface area contributed by atoms with Crippen molar-refractivity contribution < 1.29 is 18.7 Å². The van der Waals surface area contributed by atoms with Crippen molar-refractivity contribution in [2.45, 2.75) is 6.92 Å². The zero-order valence-corrected chi connectivity index (χ0v) is 14.4. The van der Waals surface area contributed by atoms with Crippen LogP contribution in [0.1, 0.15) is 26.5 Å². The number of esters is 1. The lowest BCUT2D eigenvalue weighted by Crippen LogP contribution is -2.15. The molecular formula is C18H13ClFN3O3. The molecular weight excluding hydrogens is 361 g/mol. The van der Waals surface area contributed by atoms with Gasteiger partial charge >= 0.3 is 5.97 Å². The third-order valence-electron chi connectivity index (χ3n) is 3.52. The molecule has 0 unspecified atom stereocenters. The molecule has 132 valence electrons. The van der Waals surface area contributed by atoms with E-state index in [-0.39, 0.29) is 11.3 Å². The molecule has 6 nitrogen and oxygen atoms in total. The minimum absolute atomic E-state index is 0.00289. The van der Waals surface area contributed by atoms with Crippen LogP contribution in [0.4, 0.5) is 4.39 Å². The van der Waals surface area contributed by atoms with Gasteiger partial charge in [0, 0.05) is 10.6 Å². The van der Waals surface area contributed by atoms with E-state index in [1.54, 1.807) is 31.2 Å². The summed E-state index contributed by atoms with van der Waals surface area (Å²) < 4.78 is 17.9. The first kappa shape index (κ1) is 17.8. The van der Waals surface area contributed by atoms with Crippen LogP contribution in [0.15, 0.2) is 48.5 Å². The average Bonchev–Trinajstić information content (AvgIpc) is 3.02. The van der Waals surface area contributed by atoms with Crippen LogP contribution < -0.4 is 0 Å². The lowest BCUT2D eigenvalue weighted by Gasteiger charge is -2.03. The lowest BCUT2D eigenvalue weighted by atomic mass is 10.1. The van der Waals surface area contributed by atoms with Crippen LogP contribution in [0, 0.1) is 12.7 Å². The second-order valence-electron chi connectivity index (χ2n) is 5.41. The molecule has 0 saturated heterocycles. The number of hydrogen-bond donors (Lipinski definition) is 0. The number of benzene rings is 2. The Morgan fingerprint density at radius 2 is 1.88 bits per heavy atom. The number of carbonyl (C=O) groups is 2. The molecule has 0 spiro atoms. The largest absolute Gasteiger partial charge is 0.452 e. The first-order valence-corrected chi connectivity index (χ1v) is 7.97. The first-order valence-electron chi connectivity index (χ1n) is 7.60. The molecule has 1 heterocycles. The van der Waals surface area contributed by atoms with Gasteiger partial charge in [-0.2, -0.15) is 9.90 Å². The smallest absolute Gasteiger partial charge is 0.361 e. The van der Waals surface area contributed by atoms with Crippen molar-refractivity contribution in [3.8, 4) is 5.69 Å². The third-order valence-corrected chi connectivity index (χ3v) is 3.75. The molecule has 0 amide bonds. The quantitative estimate of drug-likeness (QED) is 0.506. The van der Waals surface area contributed by atoms with Gasteiger partial charge in [0.2, 0.25) is 0 Å². The summed E-state index contributed by atoms with van der Waals surface area (Å²) in [5.41, 5.74) is 1.18. The fourth-order valence-electron chi connectivity index (χ4n) is 2.20. The van der Waals surface area contributed by atoms with Crippen LogP contribution in [0.25, 0.3) is 5.69 Å². The molecule has 2 aromatic carbocycles. The number of hydrogen-bond acceptors (Lipinski definition) is 5. The van der Waals surface area contributed by atoms with Gasteiger partial charge in [-0.25, -0.2) is 9.18 Å². The Kier molecular flexibility index (Phi) is 5.09. The zero-order valence-electron chi connectivity index (χ0n) is 13.6. The molecule has 0 aliphatic carbocycles. The van der Waals surface area contributed by atoms with Crippen LogP contribution in [-0.4, -0.2) is 33.4 Å². The maximum absolute atomic E-state index is 12.9. The second kappa shape index (κ2) is 7.45. The summed E-state index contributed by atoms with van der Waals surface area (Å²) in [5, 5.41) is 8.76. The van der Waals surface area contributed by atoms with E-state index in [1.165, 1.54) is 16.9 Å². The predicted molar refractivity (Wildman–Crippen MR) is 92.1 cm³/mol. The average molecular weight is 374 g/mol. The summed E-state index contributed by atoms with van der Waals surface area (Å²) in [6.45, 7) is 1.13. The number of aromatic nitrogens is 3. The Hall–Kier alpha value is -3.06. The minimum atomic E-state index is -0.772. The van der Waals surface area contributed by atoms with E-state index in [4.69, 9.17) is 16.3 Å². The Morgan fingerprint density at radius 1 is 1.15 bits per heavy atom. The predicted octanol–water partition coefficient (Wildman–Crippen LogP) is 3.41. The summed E-state index contributed by atoms with van der Waals surface area (Å²) in [4.78, 5) is 25.4. The summed E-state index contributed by atoms with van der Waals surface area (Å²) in [5.74, 6) is -1.67. The Bertz CT molecular complexity index is 970. The van der Waals surface area contributed by atoms with Crippen molar-refractivity contribution >= 4 is 23.4 Å². The van der Waals surface area contributed by atoms with Gasteiger partial charge in [-0.05, 0) is 49.4 Å². The van der Waals surface area contributed by atoms with Gasteiger partial charge in [0.15, 0.2) is 18.1 Å². The van der Waals surface area contributed by atoms with Crippen LogP contribution >= 0.6 is 11.6 Å². The first-order chi connectivity index (χ1) is 12.4. The fraction of sp³-hybridized carbons (Fsp3) is 0.111. The van der Waals surface area contributed by atoms with Gasteiger partial charge < -0.3 is 4.74 Å². The highest BCUT2D eigenvalue weighted by Crippen LogP contribution is 2.15. The molecule has 0 bridgehead atoms. The SMILES string of the molecule is Cc1nn(-c2cccc(Cl)c2)nc1C(=O)OCC(=O)c1ccc(F)cc1. The van der Waals surface area contributed by atoms with Crippen molar-refractivity contribution in [3.05, 3.63) is 76.3 Å². The van der Waals surface area contributed by atoms with E-state index in [0.29, 0.717) is 16.4 Å². The van der Waals surface area contributed by atoms with E-state index in [2.05, 4.69) is 10.2 Å². The summed E-state index contributed by atoms with van der Waals surface area (Å²) in [6, 6.07) is 11.8. The molecule has 0 saturated carbocycles. The normalized spacial score (nSPS) is 10.6. The van der Waals surface area contributed by atoms with Crippen molar-refractivity contribution in [1.82, 2.24) is 15.0 Å². The molecule has 0 atom stereocenters. The third kappa shape index (κ3) is 3.94. The number of halogens is 2. The molecule has 3 aromatic rings. The summed E-state index contributed by atoms with van der Waals surface area (Å²) in [7, 11) is 0. The second-order valence-corrected chi connectivity index (χ2v) is 5.85. The van der Waals surface area contributed by atoms with Gasteiger partial charge in [-0.1, -0.05) is 17.7 Å². The highest BCUT2D eigenvalue weighted by atomic mass is 35.5. The molecule has 0 radical (unpaired) electrons. The molecule has 0 aliphatic rings. The van der Waals surface area contributed by atoms with E-state index >= 15 is 0 Å². The summed E-state index contributed by atoms with van der Waals surface area (Å²) >= 11 is 5.93. The van der Waals surface area contributed by atoms with Crippen molar-refractivity contribution in [1.29, 1.82) is 0 Å². The van der Waals surface area contributed by atoms with Gasteiger partial charge in [-0.3, -0.25) is 4.79 Å². The van der Waals surface area contributed by atoms with E-state index in [1.807, 2.05) is 0 Å². The molecule has 3 rings (SSSR count). The van der Waals surface area contributed by atoms with Crippen LogP contribution in [0.2, 0.25) is 5.02 Å². The number of aryl methyl sites for hydroxylation is 1. The fourth-order valence-corrected chi connectivity index (χ4v) is 2.39. The maximum atomic E-state index is 12.9. The minimum Gasteiger partial charge on any atom is -0.452 e. The summed E-state index contributed by atoms with van der Waals surface area (Å²) in [6.07, 6.45) is 0. The monoisotopic (exact) mass is 373 g/mol. The van der Waals surface area contributed by atoms with Crippen molar-refractivity contribution in [2.24, 2.45) is 0 Å². The molecule has 0 fully saturated rings. The van der Waals surface area contributed by atoms with Crippen LogP contribution in [0.5, 0.6) is 0 Å². The topological polar surface area (TPSA) is 74.1 Å². The highest BCUT2D eigenvalue weighted by molar-refractivity contribution is 6.30. The Labute approximate surface area is 153 Å².